The number of anilines is 3. The van der Waals surface area contributed by atoms with Crippen LogP contribution in [-0.4, -0.2) is 0 Å². The van der Waals surface area contributed by atoms with Crippen molar-refractivity contribution in [2.24, 2.45) is 0 Å². The Labute approximate surface area is 335 Å². The van der Waals surface area contributed by atoms with E-state index >= 15 is 0 Å². The molecule has 0 saturated carbocycles. The van der Waals surface area contributed by atoms with Crippen molar-refractivity contribution in [3.05, 3.63) is 210 Å². The molecule has 57 heavy (non-hydrogen) atoms. The number of hydrogen-bond donors (Lipinski definition) is 0. The van der Waals surface area contributed by atoms with Crippen molar-refractivity contribution in [2.45, 2.75) is 38.5 Å². The molecule has 0 N–H and O–H groups in total. The summed E-state index contributed by atoms with van der Waals surface area (Å²) in [7, 11) is 0. The van der Waals surface area contributed by atoms with Gasteiger partial charge in [-0.1, -0.05) is 173 Å². The highest BCUT2D eigenvalue weighted by atomic mass is 15.1. The van der Waals surface area contributed by atoms with E-state index in [1.54, 1.807) is 0 Å². The molecule has 0 atom stereocenters. The van der Waals surface area contributed by atoms with E-state index in [0.29, 0.717) is 0 Å². The number of fused-ring (bicyclic) bond motifs is 8. The van der Waals surface area contributed by atoms with Gasteiger partial charge in [0.25, 0.3) is 0 Å². The molecule has 1 nitrogen and oxygen atoms in total. The standard InChI is InChI=1S/C56H43N/c1-55(2)50-32-39(36-14-6-5-7-15-36)24-28-46(50)48-30-26-41(34-52(48)55)57(54-23-13-19-38-17-9-11-21-45(38)54)42-27-31-49-47-29-25-40(33-51(47)56(3,4)53(49)35-42)44-22-12-18-37-16-8-10-20-43(37)44/h5-35H,1-4H3. The number of nitrogens with zero attached hydrogens (tertiary/aromatic N) is 1. The van der Waals surface area contributed by atoms with Gasteiger partial charge in [-0.25, -0.2) is 0 Å². The summed E-state index contributed by atoms with van der Waals surface area (Å²) >= 11 is 0. The first kappa shape index (κ1) is 33.6. The molecule has 0 amide bonds. The van der Waals surface area contributed by atoms with Gasteiger partial charge in [0.05, 0.1) is 5.69 Å². The average molecular weight is 730 g/mol. The third-order valence-electron chi connectivity index (χ3n) is 13.1. The van der Waals surface area contributed by atoms with Crippen molar-refractivity contribution in [3.63, 3.8) is 0 Å². The fourth-order valence-corrected chi connectivity index (χ4v) is 10.0. The van der Waals surface area contributed by atoms with Crippen LogP contribution in [0.2, 0.25) is 0 Å². The Bertz CT molecular complexity index is 3060. The first-order valence-corrected chi connectivity index (χ1v) is 20.2. The quantitative estimate of drug-likeness (QED) is 0.170. The predicted octanol–water partition coefficient (Wildman–Crippen LogP) is 15.4. The van der Waals surface area contributed by atoms with Crippen LogP contribution < -0.4 is 4.90 Å². The summed E-state index contributed by atoms with van der Waals surface area (Å²) in [6, 6.07) is 70.1. The largest absolute Gasteiger partial charge is 0.310 e. The van der Waals surface area contributed by atoms with Gasteiger partial charge in [0.2, 0.25) is 0 Å². The number of hydrogen-bond acceptors (Lipinski definition) is 1. The molecule has 0 unspecified atom stereocenters. The van der Waals surface area contributed by atoms with Gasteiger partial charge >= 0.3 is 0 Å². The second-order valence-electron chi connectivity index (χ2n) is 17.0. The summed E-state index contributed by atoms with van der Waals surface area (Å²) in [6.45, 7) is 9.57. The van der Waals surface area contributed by atoms with Gasteiger partial charge in [-0.15, -0.1) is 0 Å². The SMILES string of the molecule is CC1(C)c2cc(-c3ccccc3)ccc2-c2ccc(N(c3ccc4c(c3)C(C)(C)c3cc(-c5cccc6ccccc56)ccc3-4)c3cccc4ccccc34)cc21. The van der Waals surface area contributed by atoms with E-state index in [2.05, 4.69) is 221 Å². The molecule has 0 radical (unpaired) electrons. The first-order chi connectivity index (χ1) is 27.8. The van der Waals surface area contributed by atoms with Crippen molar-refractivity contribution in [1.82, 2.24) is 0 Å². The molecule has 1 heteroatoms. The molecule has 9 aromatic rings. The van der Waals surface area contributed by atoms with E-state index < -0.39 is 0 Å². The minimum absolute atomic E-state index is 0.167. The minimum atomic E-state index is -0.191. The second-order valence-corrected chi connectivity index (χ2v) is 17.0. The highest BCUT2D eigenvalue weighted by molar-refractivity contribution is 6.01. The van der Waals surface area contributed by atoms with Gasteiger partial charge in [0.15, 0.2) is 0 Å². The van der Waals surface area contributed by atoms with Crippen molar-refractivity contribution in [1.29, 1.82) is 0 Å². The van der Waals surface area contributed by atoms with E-state index in [4.69, 9.17) is 0 Å². The Morgan fingerprint density at radius 1 is 0.316 bits per heavy atom. The molecule has 11 rings (SSSR count). The zero-order valence-electron chi connectivity index (χ0n) is 32.8. The van der Waals surface area contributed by atoms with E-state index in [9.17, 15) is 0 Å². The summed E-state index contributed by atoms with van der Waals surface area (Å²) in [5.74, 6) is 0. The molecule has 2 aliphatic carbocycles. The van der Waals surface area contributed by atoms with Crippen LogP contribution in [0, 0.1) is 0 Å². The molecule has 0 saturated heterocycles. The lowest BCUT2D eigenvalue weighted by Crippen LogP contribution is -2.18. The molecule has 0 fully saturated rings. The smallest absolute Gasteiger partial charge is 0.0540 e. The molecule has 0 aromatic heterocycles. The molecule has 0 aliphatic heterocycles. The lowest BCUT2D eigenvalue weighted by molar-refractivity contribution is 0.660. The van der Waals surface area contributed by atoms with Crippen LogP contribution in [0.25, 0.3) is 66.1 Å². The van der Waals surface area contributed by atoms with Crippen molar-refractivity contribution >= 4 is 38.6 Å². The van der Waals surface area contributed by atoms with Gasteiger partial charge in [0.1, 0.15) is 0 Å². The summed E-state index contributed by atoms with van der Waals surface area (Å²) in [4.78, 5) is 2.50. The fourth-order valence-electron chi connectivity index (χ4n) is 10.0. The summed E-state index contributed by atoms with van der Waals surface area (Å²) in [6.07, 6.45) is 0. The fraction of sp³-hybridized carbons (Fsp3) is 0.107. The molecule has 2 aliphatic rings. The van der Waals surface area contributed by atoms with E-state index in [1.807, 2.05) is 0 Å². The Hall–Kier alpha value is -6.70. The molecule has 272 valence electrons. The molecule has 0 spiro atoms. The Balaban J connectivity index is 1.05. The van der Waals surface area contributed by atoms with Gasteiger partial charge in [-0.2, -0.15) is 0 Å². The lowest BCUT2D eigenvalue weighted by atomic mass is 9.81. The Morgan fingerprint density at radius 2 is 0.772 bits per heavy atom. The Morgan fingerprint density at radius 3 is 1.40 bits per heavy atom. The maximum Gasteiger partial charge on any atom is 0.0540 e. The lowest BCUT2D eigenvalue weighted by Gasteiger charge is -2.30. The molecule has 0 bridgehead atoms. The van der Waals surface area contributed by atoms with Crippen LogP contribution in [0.1, 0.15) is 49.9 Å². The van der Waals surface area contributed by atoms with Crippen molar-refractivity contribution < 1.29 is 0 Å². The topological polar surface area (TPSA) is 3.24 Å². The van der Waals surface area contributed by atoms with Crippen LogP contribution in [-0.2, 0) is 10.8 Å². The third kappa shape index (κ3) is 5.08. The zero-order chi connectivity index (χ0) is 38.5. The van der Waals surface area contributed by atoms with Gasteiger partial charge in [-0.3, -0.25) is 0 Å². The summed E-state index contributed by atoms with van der Waals surface area (Å²) < 4.78 is 0. The van der Waals surface area contributed by atoms with Crippen LogP contribution in [0.15, 0.2) is 188 Å². The molecule has 9 aromatic carbocycles. The van der Waals surface area contributed by atoms with Crippen LogP contribution in [0.3, 0.4) is 0 Å². The van der Waals surface area contributed by atoms with Crippen LogP contribution in [0.4, 0.5) is 17.1 Å². The van der Waals surface area contributed by atoms with E-state index in [-0.39, 0.29) is 10.8 Å². The first-order valence-electron chi connectivity index (χ1n) is 20.2. The monoisotopic (exact) mass is 729 g/mol. The minimum Gasteiger partial charge on any atom is -0.310 e. The molecular weight excluding hydrogens is 687 g/mol. The Kier molecular flexibility index (Phi) is 7.32. The van der Waals surface area contributed by atoms with Crippen LogP contribution >= 0.6 is 0 Å². The van der Waals surface area contributed by atoms with Gasteiger partial charge < -0.3 is 4.90 Å². The zero-order valence-corrected chi connectivity index (χ0v) is 32.8. The predicted molar refractivity (Wildman–Crippen MR) is 242 cm³/mol. The highest BCUT2D eigenvalue weighted by Gasteiger charge is 2.38. The summed E-state index contributed by atoms with van der Waals surface area (Å²) in [5, 5.41) is 5.03. The molecule has 0 heterocycles. The number of benzene rings is 9. The maximum atomic E-state index is 2.50. The van der Waals surface area contributed by atoms with Gasteiger partial charge in [0, 0.05) is 27.6 Å². The summed E-state index contributed by atoms with van der Waals surface area (Å²) in [5.41, 5.74) is 19.0. The normalized spacial score (nSPS) is 14.2. The van der Waals surface area contributed by atoms with E-state index in [1.165, 1.54) is 105 Å². The number of rotatable bonds is 5. The highest BCUT2D eigenvalue weighted by Crippen LogP contribution is 2.54. The van der Waals surface area contributed by atoms with E-state index in [0.717, 1.165) is 0 Å². The maximum absolute atomic E-state index is 2.50. The second kappa shape index (κ2) is 12.4. The molecular formula is C56H43N. The van der Waals surface area contributed by atoms with Crippen molar-refractivity contribution in [3.8, 4) is 44.5 Å². The van der Waals surface area contributed by atoms with Gasteiger partial charge in [-0.05, 0) is 125 Å². The van der Waals surface area contributed by atoms with Crippen LogP contribution in [0.5, 0.6) is 0 Å². The average Bonchev–Trinajstić information content (AvgIpc) is 3.62. The third-order valence-corrected chi connectivity index (χ3v) is 13.1. The van der Waals surface area contributed by atoms with Crippen molar-refractivity contribution in [2.75, 3.05) is 4.90 Å².